The SMILES string of the molecule is Cc1ccc(-n2c(SCC(=O)Nc3cc(F)ccc3Cl)nc3cc(C)[nH]c3c2=O)cc1. The van der Waals surface area contributed by atoms with Gasteiger partial charge in [-0.2, -0.15) is 0 Å². The van der Waals surface area contributed by atoms with Gasteiger partial charge in [-0.05, 0) is 50.2 Å². The molecule has 0 aliphatic rings. The summed E-state index contributed by atoms with van der Waals surface area (Å²) in [5.74, 6) is -0.942. The highest BCUT2D eigenvalue weighted by Crippen LogP contribution is 2.25. The van der Waals surface area contributed by atoms with E-state index in [1.807, 2.05) is 38.1 Å². The van der Waals surface area contributed by atoms with Crippen LogP contribution in [0.1, 0.15) is 11.3 Å². The quantitative estimate of drug-likeness (QED) is 0.332. The van der Waals surface area contributed by atoms with Crippen LogP contribution in [0.25, 0.3) is 16.7 Å². The molecule has 0 fully saturated rings. The molecule has 0 radical (unpaired) electrons. The van der Waals surface area contributed by atoms with Crippen LogP contribution in [0.15, 0.2) is 58.5 Å². The van der Waals surface area contributed by atoms with Gasteiger partial charge in [0.15, 0.2) is 5.16 Å². The second kappa shape index (κ2) is 8.56. The minimum absolute atomic E-state index is 0.0416. The van der Waals surface area contributed by atoms with Crippen LogP contribution in [0.2, 0.25) is 5.02 Å². The Morgan fingerprint density at radius 3 is 2.68 bits per heavy atom. The smallest absolute Gasteiger partial charge is 0.283 e. The van der Waals surface area contributed by atoms with Gasteiger partial charge in [0.2, 0.25) is 5.91 Å². The van der Waals surface area contributed by atoms with Gasteiger partial charge < -0.3 is 10.3 Å². The van der Waals surface area contributed by atoms with E-state index in [2.05, 4.69) is 15.3 Å². The van der Waals surface area contributed by atoms with Crippen LogP contribution in [0.4, 0.5) is 10.1 Å². The highest BCUT2D eigenvalue weighted by molar-refractivity contribution is 7.99. The van der Waals surface area contributed by atoms with E-state index in [9.17, 15) is 14.0 Å². The predicted octanol–water partition coefficient (Wildman–Crippen LogP) is 4.85. The molecule has 0 saturated carbocycles. The fourth-order valence-corrected chi connectivity index (χ4v) is 4.08. The Bertz CT molecular complexity index is 1350. The summed E-state index contributed by atoms with van der Waals surface area (Å²) in [6.07, 6.45) is 0. The van der Waals surface area contributed by atoms with Gasteiger partial charge in [0.05, 0.1) is 27.7 Å². The van der Waals surface area contributed by atoms with Crippen LogP contribution >= 0.6 is 23.4 Å². The molecule has 6 nitrogen and oxygen atoms in total. The van der Waals surface area contributed by atoms with Crippen LogP contribution in [0.3, 0.4) is 0 Å². The van der Waals surface area contributed by atoms with E-state index in [0.29, 0.717) is 21.9 Å². The van der Waals surface area contributed by atoms with Crippen molar-refractivity contribution in [2.24, 2.45) is 0 Å². The van der Waals surface area contributed by atoms with Crippen molar-refractivity contribution in [2.75, 3.05) is 11.1 Å². The molecule has 0 unspecified atom stereocenters. The lowest BCUT2D eigenvalue weighted by Crippen LogP contribution is -2.23. The zero-order valence-corrected chi connectivity index (χ0v) is 18.3. The number of benzene rings is 2. The summed E-state index contributed by atoms with van der Waals surface area (Å²) in [6.45, 7) is 3.81. The second-order valence-electron chi connectivity index (χ2n) is 7.04. The molecule has 2 heterocycles. The molecule has 158 valence electrons. The number of aryl methyl sites for hydroxylation is 2. The van der Waals surface area contributed by atoms with E-state index in [0.717, 1.165) is 29.1 Å². The molecule has 31 heavy (non-hydrogen) atoms. The number of nitrogens with one attached hydrogen (secondary N) is 2. The normalized spacial score (nSPS) is 11.1. The van der Waals surface area contributed by atoms with Crippen molar-refractivity contribution in [3.8, 4) is 5.69 Å². The number of carbonyl (C=O) groups excluding carboxylic acids is 1. The number of amides is 1. The standard InChI is InChI=1S/C22H18ClFN4O2S/c1-12-3-6-15(7-4-12)28-21(30)20-18(9-13(2)25-20)27-22(28)31-11-19(29)26-17-10-14(24)5-8-16(17)23/h3-10,25H,11H2,1-2H3,(H,26,29). The summed E-state index contributed by atoms with van der Waals surface area (Å²) in [7, 11) is 0. The lowest BCUT2D eigenvalue weighted by atomic mass is 10.2. The average Bonchev–Trinajstić information content (AvgIpc) is 3.11. The first kappa shape index (κ1) is 21.1. The topological polar surface area (TPSA) is 79.8 Å². The lowest BCUT2D eigenvalue weighted by molar-refractivity contribution is -0.113. The van der Waals surface area contributed by atoms with Crippen LogP contribution in [-0.2, 0) is 4.79 Å². The number of hydrogen-bond donors (Lipinski definition) is 2. The molecule has 2 aromatic carbocycles. The number of thioether (sulfide) groups is 1. The first-order chi connectivity index (χ1) is 14.8. The van der Waals surface area contributed by atoms with Crippen molar-refractivity contribution in [1.82, 2.24) is 14.5 Å². The van der Waals surface area contributed by atoms with Gasteiger partial charge >= 0.3 is 0 Å². The monoisotopic (exact) mass is 456 g/mol. The Hall–Kier alpha value is -3.10. The molecule has 2 N–H and O–H groups in total. The molecule has 4 aromatic rings. The minimum Gasteiger partial charge on any atom is -0.353 e. The summed E-state index contributed by atoms with van der Waals surface area (Å²) < 4.78 is 14.9. The Balaban J connectivity index is 1.67. The number of nitrogens with zero attached hydrogens (tertiary/aromatic N) is 2. The van der Waals surface area contributed by atoms with Crippen molar-refractivity contribution in [1.29, 1.82) is 0 Å². The van der Waals surface area contributed by atoms with Gasteiger partial charge in [-0.1, -0.05) is 41.1 Å². The zero-order chi connectivity index (χ0) is 22.1. The van der Waals surface area contributed by atoms with Crippen molar-refractivity contribution in [2.45, 2.75) is 19.0 Å². The summed E-state index contributed by atoms with van der Waals surface area (Å²) in [4.78, 5) is 33.3. The van der Waals surface area contributed by atoms with Crippen LogP contribution < -0.4 is 10.9 Å². The molecule has 0 saturated heterocycles. The molecule has 0 spiro atoms. The fourth-order valence-electron chi connectivity index (χ4n) is 3.11. The number of hydrogen-bond acceptors (Lipinski definition) is 4. The predicted molar refractivity (Wildman–Crippen MR) is 122 cm³/mol. The van der Waals surface area contributed by atoms with Gasteiger partial charge in [-0.25, -0.2) is 9.37 Å². The Kier molecular flexibility index (Phi) is 5.84. The second-order valence-corrected chi connectivity index (χ2v) is 8.39. The number of carbonyl (C=O) groups is 1. The molecule has 0 aliphatic carbocycles. The number of aromatic amines is 1. The maximum Gasteiger partial charge on any atom is 0.283 e. The van der Waals surface area contributed by atoms with Crippen molar-refractivity contribution in [3.05, 3.63) is 81.0 Å². The van der Waals surface area contributed by atoms with Crippen molar-refractivity contribution in [3.63, 3.8) is 0 Å². The highest BCUT2D eigenvalue weighted by Gasteiger charge is 2.17. The molecule has 0 bridgehead atoms. The average molecular weight is 457 g/mol. The Morgan fingerprint density at radius 2 is 1.94 bits per heavy atom. The number of halogens is 2. The highest BCUT2D eigenvalue weighted by atomic mass is 35.5. The van der Waals surface area contributed by atoms with Gasteiger partial charge in [0.1, 0.15) is 11.3 Å². The summed E-state index contributed by atoms with van der Waals surface area (Å²) in [6, 6.07) is 13.0. The molecule has 1 amide bonds. The molecule has 4 rings (SSSR count). The first-order valence-corrected chi connectivity index (χ1v) is 10.8. The molecular formula is C22H18ClFN4O2S. The van der Waals surface area contributed by atoms with E-state index >= 15 is 0 Å². The minimum atomic E-state index is -0.504. The lowest BCUT2D eigenvalue weighted by Gasteiger charge is -2.12. The molecule has 9 heteroatoms. The van der Waals surface area contributed by atoms with Crippen LogP contribution in [-0.4, -0.2) is 26.2 Å². The maximum absolute atomic E-state index is 13.4. The first-order valence-electron chi connectivity index (χ1n) is 9.39. The van der Waals surface area contributed by atoms with Gasteiger partial charge in [-0.3, -0.25) is 14.2 Å². The van der Waals surface area contributed by atoms with E-state index in [1.54, 1.807) is 6.07 Å². The molecule has 0 atom stereocenters. The fraction of sp³-hybridized carbons (Fsp3) is 0.136. The van der Waals surface area contributed by atoms with Gasteiger partial charge in [-0.15, -0.1) is 0 Å². The third-order valence-electron chi connectivity index (χ3n) is 4.58. The summed E-state index contributed by atoms with van der Waals surface area (Å²) in [5.41, 5.74) is 3.39. The maximum atomic E-state index is 13.4. The van der Waals surface area contributed by atoms with E-state index in [4.69, 9.17) is 11.6 Å². The zero-order valence-electron chi connectivity index (χ0n) is 16.7. The summed E-state index contributed by atoms with van der Waals surface area (Å²) >= 11 is 7.13. The molecule has 2 aromatic heterocycles. The number of fused-ring (bicyclic) bond motifs is 1. The van der Waals surface area contributed by atoms with E-state index in [1.165, 1.54) is 16.7 Å². The van der Waals surface area contributed by atoms with Gasteiger partial charge in [0.25, 0.3) is 5.56 Å². The van der Waals surface area contributed by atoms with Gasteiger partial charge in [0, 0.05) is 5.69 Å². The molecular weight excluding hydrogens is 439 g/mol. The van der Waals surface area contributed by atoms with E-state index < -0.39 is 11.7 Å². The number of anilines is 1. The number of H-pyrrole nitrogens is 1. The van der Waals surface area contributed by atoms with Crippen molar-refractivity contribution >= 4 is 46.0 Å². The number of aromatic nitrogens is 3. The molecule has 0 aliphatic heterocycles. The van der Waals surface area contributed by atoms with Crippen LogP contribution in [0, 0.1) is 19.7 Å². The largest absolute Gasteiger partial charge is 0.353 e. The van der Waals surface area contributed by atoms with Crippen molar-refractivity contribution < 1.29 is 9.18 Å². The number of rotatable bonds is 5. The third kappa shape index (κ3) is 4.50. The summed E-state index contributed by atoms with van der Waals surface area (Å²) in [5, 5.41) is 3.20. The van der Waals surface area contributed by atoms with Crippen LogP contribution in [0.5, 0.6) is 0 Å². The Morgan fingerprint density at radius 1 is 1.19 bits per heavy atom. The van der Waals surface area contributed by atoms with E-state index in [-0.39, 0.29) is 22.0 Å². The Labute approximate surface area is 186 Å². The third-order valence-corrected chi connectivity index (χ3v) is 5.85.